The second-order valence-electron chi connectivity index (χ2n) is 0.977. The zero-order chi connectivity index (χ0) is 7.11. The van der Waals surface area contributed by atoms with Gasteiger partial charge in [0.2, 0.25) is 0 Å². The number of H-pyrrole nitrogens is 1. The Balaban J connectivity index is 0.000000187. The summed E-state index contributed by atoms with van der Waals surface area (Å²) in [6, 6.07) is 1.25. The van der Waals surface area contributed by atoms with Gasteiger partial charge in [0.05, 0.1) is 6.01 Å². The van der Waals surface area contributed by atoms with Crippen LogP contribution in [0.2, 0.25) is 0 Å². The van der Waals surface area contributed by atoms with Gasteiger partial charge in [0, 0.05) is 6.20 Å². The van der Waals surface area contributed by atoms with E-state index in [1.807, 2.05) is 0 Å². The van der Waals surface area contributed by atoms with Crippen LogP contribution >= 0.6 is 0 Å². The third-order valence-electron chi connectivity index (χ3n) is 0.444. The van der Waals surface area contributed by atoms with E-state index in [9.17, 15) is 4.79 Å². The summed E-state index contributed by atoms with van der Waals surface area (Å²) in [4.78, 5) is 12.1. The molecule has 0 aliphatic carbocycles. The summed E-state index contributed by atoms with van der Waals surface area (Å²) in [5.41, 5.74) is 0. The molecule has 0 spiro atoms. The second kappa shape index (κ2) is 4.55. The molecular weight excluding hydrogens is 122 g/mol. The maximum absolute atomic E-state index is 9.85. The van der Waals surface area contributed by atoms with Gasteiger partial charge in [0.1, 0.15) is 6.26 Å². The molecule has 5 heteroatoms. The highest BCUT2D eigenvalue weighted by atomic mass is 16.4. The minimum atomic E-state index is -0.407. The predicted molar refractivity (Wildman–Crippen MR) is 29.8 cm³/mol. The van der Waals surface area contributed by atoms with Crippen molar-refractivity contribution in [3.63, 3.8) is 0 Å². The molecule has 0 saturated carbocycles. The van der Waals surface area contributed by atoms with Crippen LogP contribution in [0.4, 0.5) is 0 Å². The molecule has 0 unspecified atom stereocenters. The lowest BCUT2D eigenvalue weighted by Crippen LogP contribution is -1.91. The van der Waals surface area contributed by atoms with E-state index in [2.05, 4.69) is 9.40 Å². The van der Waals surface area contributed by atoms with Crippen LogP contribution in [0.15, 0.2) is 21.7 Å². The normalized spacial score (nSPS) is 6.67. The van der Waals surface area contributed by atoms with E-state index in [1.54, 1.807) is 0 Å². The third kappa shape index (κ3) is 4.24. The Morgan fingerprint density at radius 3 is 2.33 bits per heavy atom. The molecule has 9 heavy (non-hydrogen) atoms. The molecule has 0 atom stereocenters. The van der Waals surface area contributed by atoms with Gasteiger partial charge >= 0.3 is 5.76 Å². The van der Waals surface area contributed by atoms with E-state index in [1.165, 1.54) is 18.5 Å². The van der Waals surface area contributed by atoms with Gasteiger partial charge in [-0.2, -0.15) is 0 Å². The SMILES string of the molecule is N=C=N.O=c1[nH]cco1. The van der Waals surface area contributed by atoms with E-state index >= 15 is 0 Å². The number of aromatic nitrogens is 1. The van der Waals surface area contributed by atoms with Gasteiger partial charge in [-0.1, -0.05) is 0 Å². The fourth-order valence-corrected chi connectivity index (χ4v) is 0.232. The topological polar surface area (TPSA) is 93.7 Å². The first-order chi connectivity index (χ1) is 4.31. The summed E-state index contributed by atoms with van der Waals surface area (Å²) in [5.74, 6) is -0.407. The lowest BCUT2D eigenvalue weighted by atomic mass is 11.0. The molecule has 0 aliphatic rings. The Morgan fingerprint density at radius 1 is 1.67 bits per heavy atom. The van der Waals surface area contributed by atoms with E-state index in [4.69, 9.17) is 10.8 Å². The van der Waals surface area contributed by atoms with Crippen molar-refractivity contribution in [2.45, 2.75) is 0 Å². The molecule has 0 radical (unpaired) electrons. The Bertz CT molecular complexity index is 213. The van der Waals surface area contributed by atoms with Crippen LogP contribution in [0, 0.1) is 10.8 Å². The number of aromatic amines is 1. The van der Waals surface area contributed by atoms with Gasteiger partial charge in [-0.3, -0.25) is 4.98 Å². The highest BCUT2D eigenvalue weighted by Gasteiger charge is 1.72. The van der Waals surface area contributed by atoms with Crippen molar-refractivity contribution in [1.82, 2.24) is 4.98 Å². The fraction of sp³-hybridized carbons (Fsp3) is 0. The summed E-state index contributed by atoms with van der Waals surface area (Å²) in [6.07, 6.45) is 2.73. The van der Waals surface area contributed by atoms with Gasteiger partial charge in [-0.05, 0) is 0 Å². The lowest BCUT2D eigenvalue weighted by molar-refractivity contribution is 0.515. The zero-order valence-corrected chi connectivity index (χ0v) is 4.47. The summed E-state index contributed by atoms with van der Waals surface area (Å²) in [5, 5.41) is 11.2. The van der Waals surface area contributed by atoms with E-state index < -0.39 is 5.76 Å². The fourth-order valence-electron chi connectivity index (χ4n) is 0.232. The van der Waals surface area contributed by atoms with E-state index in [-0.39, 0.29) is 0 Å². The Morgan fingerprint density at radius 2 is 2.22 bits per heavy atom. The van der Waals surface area contributed by atoms with Gasteiger partial charge < -0.3 is 4.42 Å². The molecular formula is C4H5N3O2. The van der Waals surface area contributed by atoms with Crippen LogP contribution in [0.3, 0.4) is 0 Å². The van der Waals surface area contributed by atoms with Crippen molar-refractivity contribution >= 4 is 6.01 Å². The number of hydrogen-bond acceptors (Lipinski definition) is 4. The minimum absolute atomic E-state index is 0.407. The molecule has 0 amide bonds. The van der Waals surface area contributed by atoms with Gasteiger partial charge in [-0.15, -0.1) is 0 Å². The van der Waals surface area contributed by atoms with Crippen molar-refractivity contribution in [3.8, 4) is 0 Å². The Kier molecular flexibility index (Phi) is 3.73. The molecule has 1 aromatic rings. The van der Waals surface area contributed by atoms with Crippen molar-refractivity contribution < 1.29 is 4.42 Å². The molecule has 5 nitrogen and oxygen atoms in total. The highest BCUT2D eigenvalue weighted by molar-refractivity contribution is 5.29. The molecule has 1 aromatic heterocycles. The largest absolute Gasteiger partial charge is 0.417 e. The van der Waals surface area contributed by atoms with E-state index in [0.717, 1.165) is 0 Å². The van der Waals surface area contributed by atoms with Crippen LogP contribution < -0.4 is 5.76 Å². The third-order valence-corrected chi connectivity index (χ3v) is 0.444. The molecule has 0 fully saturated rings. The summed E-state index contributed by atoms with van der Waals surface area (Å²) in [7, 11) is 0. The number of hydrogen-bond donors (Lipinski definition) is 3. The first-order valence-electron chi connectivity index (χ1n) is 2.02. The van der Waals surface area contributed by atoms with Gasteiger partial charge in [-0.25, -0.2) is 15.6 Å². The van der Waals surface area contributed by atoms with Gasteiger partial charge in [0.15, 0.2) is 0 Å². The monoisotopic (exact) mass is 127 g/mol. The molecule has 1 heterocycles. The molecule has 0 aromatic carbocycles. The average Bonchev–Trinajstić information content (AvgIpc) is 2.20. The Hall–Kier alpha value is -1.61. The molecule has 0 bridgehead atoms. The van der Waals surface area contributed by atoms with Crippen LogP contribution in [-0.2, 0) is 0 Å². The zero-order valence-electron chi connectivity index (χ0n) is 4.47. The van der Waals surface area contributed by atoms with Crippen LogP contribution in [0.5, 0.6) is 0 Å². The smallest absolute Gasteiger partial charge is 0.416 e. The van der Waals surface area contributed by atoms with Crippen LogP contribution in [-0.4, -0.2) is 11.0 Å². The van der Waals surface area contributed by atoms with Crippen LogP contribution in [0.25, 0.3) is 0 Å². The Labute approximate surface area is 50.3 Å². The average molecular weight is 127 g/mol. The first-order valence-corrected chi connectivity index (χ1v) is 2.02. The van der Waals surface area contributed by atoms with E-state index in [0.29, 0.717) is 0 Å². The van der Waals surface area contributed by atoms with Crippen molar-refractivity contribution in [2.24, 2.45) is 0 Å². The number of nitrogens with one attached hydrogen (secondary N) is 3. The standard InChI is InChI=1S/C3H3NO2.CH2N2/c5-3-4-1-2-6-3;2-1-3/h1-2H,(H,4,5);2-3H. The summed E-state index contributed by atoms with van der Waals surface area (Å²) in [6.45, 7) is 0. The summed E-state index contributed by atoms with van der Waals surface area (Å²) >= 11 is 0. The minimum Gasteiger partial charge on any atom is -0.417 e. The quantitative estimate of drug-likeness (QED) is 0.437. The molecule has 0 saturated heterocycles. The lowest BCUT2D eigenvalue weighted by Gasteiger charge is -1.51. The molecule has 0 aliphatic heterocycles. The molecule has 48 valence electrons. The predicted octanol–water partition coefficient (Wildman–Crippen LogP) is 0.286. The van der Waals surface area contributed by atoms with Crippen molar-refractivity contribution in [2.75, 3.05) is 0 Å². The number of rotatable bonds is 0. The van der Waals surface area contributed by atoms with Crippen LogP contribution in [0.1, 0.15) is 0 Å². The summed E-state index contributed by atoms with van der Waals surface area (Å²) < 4.78 is 4.22. The maximum Gasteiger partial charge on any atom is 0.416 e. The number of oxazole rings is 1. The van der Waals surface area contributed by atoms with Crippen molar-refractivity contribution in [1.29, 1.82) is 10.8 Å². The maximum atomic E-state index is 9.85. The highest BCUT2D eigenvalue weighted by Crippen LogP contribution is 1.62. The molecule has 3 N–H and O–H groups in total. The first kappa shape index (κ1) is 7.39. The second-order valence-corrected chi connectivity index (χ2v) is 0.977. The van der Waals surface area contributed by atoms with Gasteiger partial charge in [0.25, 0.3) is 0 Å². The van der Waals surface area contributed by atoms with Crippen molar-refractivity contribution in [3.05, 3.63) is 23.0 Å². The molecule has 1 rings (SSSR count).